The van der Waals surface area contributed by atoms with Crippen LogP contribution in [0.5, 0.6) is 5.75 Å². The number of carbonyl (C=O) groups excluding carboxylic acids is 1. The molecule has 1 fully saturated rings. The normalized spacial score (nSPS) is 14.9. The minimum absolute atomic E-state index is 0.118. The van der Waals surface area contributed by atoms with Crippen molar-refractivity contribution in [3.63, 3.8) is 0 Å². The summed E-state index contributed by atoms with van der Waals surface area (Å²) in [6.45, 7) is 1.38. The molecule has 1 aliphatic rings. The number of hydrogen-bond donors (Lipinski definition) is 0. The van der Waals surface area contributed by atoms with Crippen LogP contribution in [-0.4, -0.2) is 35.6 Å². The summed E-state index contributed by atoms with van der Waals surface area (Å²) in [5.74, 6) is 1.19. The van der Waals surface area contributed by atoms with Crippen LogP contribution < -0.4 is 10.3 Å². The van der Waals surface area contributed by atoms with Gasteiger partial charge in [0.2, 0.25) is 0 Å². The maximum atomic E-state index is 13.5. The van der Waals surface area contributed by atoms with Crippen molar-refractivity contribution in [2.45, 2.75) is 19.3 Å². The number of piperidine rings is 1. The molecule has 0 unspecified atom stereocenters. The van der Waals surface area contributed by atoms with Crippen molar-refractivity contribution in [3.05, 3.63) is 100 Å². The highest BCUT2D eigenvalue weighted by atomic mass is 16.5. The summed E-state index contributed by atoms with van der Waals surface area (Å²) in [6.07, 6.45) is 6.38. The van der Waals surface area contributed by atoms with Gasteiger partial charge in [0.05, 0.1) is 7.11 Å². The Hall–Kier alpha value is -3.60. The fraction of sp³-hybridized carbons (Fsp3) is 0.259. The van der Waals surface area contributed by atoms with E-state index in [1.54, 1.807) is 31.5 Å². The lowest BCUT2D eigenvalue weighted by Crippen LogP contribution is -2.41. The third-order valence-electron chi connectivity index (χ3n) is 5.99. The quantitative estimate of drug-likeness (QED) is 0.549. The van der Waals surface area contributed by atoms with Crippen LogP contribution in [0, 0.1) is 5.92 Å². The molecule has 0 N–H and O–H groups in total. The highest BCUT2D eigenvalue weighted by molar-refractivity contribution is 6.18. The molecule has 2 heterocycles. The second-order valence-electron chi connectivity index (χ2n) is 8.14. The molecule has 3 aromatic rings. The number of pyridine rings is 1. The molecule has 2 aromatic carbocycles. The summed E-state index contributed by atoms with van der Waals surface area (Å²) >= 11 is 0. The molecular weight excluding hydrogens is 400 g/mol. The minimum atomic E-state index is -0.223. The largest absolute Gasteiger partial charge is 0.497 e. The number of methoxy groups -OCH3 is 1. The maximum absolute atomic E-state index is 13.5. The van der Waals surface area contributed by atoms with Gasteiger partial charge in [0.1, 0.15) is 11.4 Å². The van der Waals surface area contributed by atoms with Crippen molar-refractivity contribution in [2.24, 2.45) is 5.92 Å². The van der Waals surface area contributed by atoms with Gasteiger partial charge in [-0.3, -0.25) is 14.2 Å². The second-order valence-corrected chi connectivity index (χ2v) is 8.14. The third kappa shape index (κ3) is 5.17. The van der Waals surface area contributed by atoms with Gasteiger partial charge in [-0.15, -0.1) is 0 Å². The van der Waals surface area contributed by atoms with E-state index in [0.29, 0.717) is 24.7 Å². The topological polar surface area (TPSA) is 51.5 Å². The van der Waals surface area contributed by atoms with Crippen LogP contribution in [0.4, 0.5) is 0 Å². The number of carbonyl (C=O) groups is 1. The third-order valence-corrected chi connectivity index (χ3v) is 5.99. The number of hydrogen-bond acceptors (Lipinski definition) is 3. The van der Waals surface area contributed by atoms with E-state index in [2.05, 4.69) is 24.3 Å². The lowest BCUT2D eigenvalue weighted by molar-refractivity contribution is -0.126. The number of aromatic nitrogens is 1. The fourth-order valence-corrected chi connectivity index (χ4v) is 4.17. The molecule has 0 radical (unpaired) electrons. The number of rotatable bonds is 6. The molecule has 5 nitrogen and oxygen atoms in total. The highest BCUT2D eigenvalue weighted by Gasteiger charge is 2.26. The molecule has 4 rings (SSSR count). The molecule has 32 heavy (non-hydrogen) atoms. The minimum Gasteiger partial charge on any atom is -0.497 e. The first-order valence-corrected chi connectivity index (χ1v) is 11.0. The molecule has 0 aliphatic carbocycles. The number of nitrogens with zero attached hydrogens (tertiary/aromatic N) is 2. The SMILES string of the molecule is COc1ccc(C=C(C(=O)N2CCC(Cc3ccccc3)CC2)n2ccccc2=O)cc1. The average Bonchev–Trinajstić information content (AvgIpc) is 2.84. The van der Waals surface area contributed by atoms with Gasteiger partial charge in [-0.25, -0.2) is 0 Å². The Morgan fingerprint density at radius 1 is 0.969 bits per heavy atom. The van der Waals surface area contributed by atoms with E-state index < -0.39 is 0 Å². The van der Waals surface area contributed by atoms with Crippen LogP contribution >= 0.6 is 0 Å². The van der Waals surface area contributed by atoms with Crippen molar-refractivity contribution < 1.29 is 9.53 Å². The molecule has 1 aromatic heterocycles. The van der Waals surface area contributed by atoms with Crippen LogP contribution in [0.1, 0.15) is 24.0 Å². The smallest absolute Gasteiger partial charge is 0.270 e. The van der Waals surface area contributed by atoms with E-state index in [4.69, 9.17) is 4.74 Å². The van der Waals surface area contributed by atoms with E-state index in [9.17, 15) is 9.59 Å². The standard InChI is InChI=1S/C27H28N2O3/c1-32-24-12-10-22(11-13-24)20-25(29-16-6-5-9-26(29)30)27(31)28-17-14-23(15-18-28)19-21-7-3-2-4-8-21/h2-13,16,20,23H,14-15,17-19H2,1H3. The molecular formula is C27H28N2O3. The van der Waals surface area contributed by atoms with Crippen molar-refractivity contribution in [2.75, 3.05) is 20.2 Å². The predicted octanol–water partition coefficient (Wildman–Crippen LogP) is 4.34. The van der Waals surface area contributed by atoms with Crippen molar-refractivity contribution in [3.8, 4) is 5.75 Å². The molecule has 5 heteroatoms. The number of likely N-dealkylation sites (tertiary alicyclic amines) is 1. The summed E-state index contributed by atoms with van der Waals surface area (Å²) in [6, 6.07) is 22.9. The maximum Gasteiger partial charge on any atom is 0.270 e. The predicted molar refractivity (Wildman–Crippen MR) is 127 cm³/mol. The Morgan fingerprint density at radius 3 is 2.31 bits per heavy atom. The van der Waals surface area contributed by atoms with Gasteiger partial charge in [0, 0.05) is 25.4 Å². The zero-order valence-corrected chi connectivity index (χ0v) is 18.3. The van der Waals surface area contributed by atoms with Crippen LogP contribution in [0.3, 0.4) is 0 Å². The van der Waals surface area contributed by atoms with E-state index in [0.717, 1.165) is 30.6 Å². The van der Waals surface area contributed by atoms with E-state index in [1.807, 2.05) is 35.2 Å². The first-order valence-electron chi connectivity index (χ1n) is 11.0. The van der Waals surface area contributed by atoms with Crippen LogP contribution in [0.15, 0.2) is 83.8 Å². The van der Waals surface area contributed by atoms with Gasteiger partial charge in [0.25, 0.3) is 11.5 Å². The van der Waals surface area contributed by atoms with Crippen molar-refractivity contribution in [1.29, 1.82) is 0 Å². The molecule has 0 atom stereocenters. The molecule has 1 saturated heterocycles. The Bertz CT molecular complexity index is 1130. The fourth-order valence-electron chi connectivity index (χ4n) is 4.17. The molecule has 0 bridgehead atoms. The second kappa shape index (κ2) is 10.1. The Kier molecular flexibility index (Phi) is 6.85. The van der Waals surface area contributed by atoms with Gasteiger partial charge in [-0.1, -0.05) is 48.5 Å². The van der Waals surface area contributed by atoms with E-state index in [-0.39, 0.29) is 11.5 Å². The summed E-state index contributed by atoms with van der Waals surface area (Å²) in [5, 5.41) is 0. The van der Waals surface area contributed by atoms with Gasteiger partial charge in [-0.2, -0.15) is 0 Å². The highest BCUT2D eigenvalue weighted by Crippen LogP contribution is 2.24. The molecule has 0 spiro atoms. The summed E-state index contributed by atoms with van der Waals surface area (Å²) < 4.78 is 6.66. The lowest BCUT2D eigenvalue weighted by Gasteiger charge is -2.33. The summed E-state index contributed by atoms with van der Waals surface area (Å²) in [5.41, 5.74) is 2.32. The van der Waals surface area contributed by atoms with Gasteiger partial charge < -0.3 is 9.64 Å². The average molecular weight is 429 g/mol. The molecule has 1 aliphatic heterocycles. The molecule has 164 valence electrons. The molecule has 1 amide bonds. The van der Waals surface area contributed by atoms with E-state index in [1.165, 1.54) is 16.2 Å². The zero-order chi connectivity index (χ0) is 22.3. The van der Waals surface area contributed by atoms with Crippen LogP contribution in [-0.2, 0) is 11.2 Å². The first-order chi connectivity index (χ1) is 15.6. The monoisotopic (exact) mass is 428 g/mol. The number of ether oxygens (including phenoxy) is 1. The zero-order valence-electron chi connectivity index (χ0n) is 18.3. The Balaban J connectivity index is 1.53. The Morgan fingerprint density at radius 2 is 1.66 bits per heavy atom. The summed E-state index contributed by atoms with van der Waals surface area (Å²) in [7, 11) is 1.62. The lowest BCUT2D eigenvalue weighted by atomic mass is 9.90. The van der Waals surface area contributed by atoms with E-state index >= 15 is 0 Å². The number of benzene rings is 2. The number of amides is 1. The van der Waals surface area contributed by atoms with Crippen LogP contribution in [0.25, 0.3) is 11.8 Å². The van der Waals surface area contributed by atoms with Gasteiger partial charge in [-0.05, 0) is 60.6 Å². The van der Waals surface area contributed by atoms with Crippen molar-refractivity contribution >= 4 is 17.7 Å². The van der Waals surface area contributed by atoms with Gasteiger partial charge >= 0.3 is 0 Å². The molecule has 0 saturated carbocycles. The van der Waals surface area contributed by atoms with Crippen LogP contribution in [0.2, 0.25) is 0 Å². The van der Waals surface area contributed by atoms with Gasteiger partial charge in [0.15, 0.2) is 0 Å². The summed E-state index contributed by atoms with van der Waals surface area (Å²) in [4.78, 5) is 27.9. The van der Waals surface area contributed by atoms with Crippen molar-refractivity contribution in [1.82, 2.24) is 9.47 Å². The Labute approximate surface area is 188 Å². The first kappa shape index (κ1) is 21.6.